The van der Waals surface area contributed by atoms with Crippen LogP contribution in [-0.2, 0) is 0 Å². The molecule has 0 heterocycles. The van der Waals surface area contributed by atoms with Crippen molar-refractivity contribution in [2.75, 3.05) is 0 Å². The average Bonchev–Trinajstić information content (AvgIpc) is 2.68. The lowest BCUT2D eigenvalue weighted by atomic mass is 9.81. The predicted molar refractivity (Wildman–Crippen MR) is 101 cm³/mol. The minimum absolute atomic E-state index is 0.0669. The summed E-state index contributed by atoms with van der Waals surface area (Å²) in [4.78, 5) is 0. The van der Waals surface area contributed by atoms with Crippen molar-refractivity contribution in [3.63, 3.8) is 0 Å². The largest absolute Gasteiger partial charge is 0.0991 e. The minimum atomic E-state index is 0.0669. The van der Waals surface area contributed by atoms with Crippen LogP contribution in [0.3, 0.4) is 0 Å². The van der Waals surface area contributed by atoms with Crippen molar-refractivity contribution < 1.29 is 0 Å². The van der Waals surface area contributed by atoms with Crippen molar-refractivity contribution in [3.8, 4) is 0 Å². The lowest BCUT2D eigenvalue weighted by Gasteiger charge is -2.23. The first-order chi connectivity index (χ1) is 10.0. The topological polar surface area (TPSA) is 0 Å². The number of hydrogen-bond acceptors (Lipinski definition) is 0. The summed E-state index contributed by atoms with van der Waals surface area (Å²) in [6.45, 7) is 24.4. The minimum Gasteiger partial charge on any atom is -0.0991 e. The second-order valence-corrected chi connectivity index (χ2v) is 4.79. The molecule has 0 amide bonds. The van der Waals surface area contributed by atoms with Crippen LogP contribution >= 0.6 is 0 Å². The second-order valence-electron chi connectivity index (χ2n) is 4.79. The van der Waals surface area contributed by atoms with Crippen LogP contribution in [0.15, 0.2) is 71.9 Å². The van der Waals surface area contributed by atoms with Crippen LogP contribution in [0.5, 0.6) is 0 Å². The van der Waals surface area contributed by atoms with Crippen molar-refractivity contribution in [2.24, 2.45) is 5.41 Å². The Morgan fingerprint density at radius 3 is 1.81 bits per heavy atom. The molecule has 0 aromatic rings. The SMILES string of the molecule is C=C/C=C\C1=C(C)C(C)(C)C(C=C)=C1/C=C\C.CC.CC. The van der Waals surface area contributed by atoms with E-state index in [2.05, 4.69) is 52.2 Å². The van der Waals surface area contributed by atoms with Crippen molar-refractivity contribution in [2.45, 2.75) is 55.4 Å². The highest BCUT2D eigenvalue weighted by Gasteiger charge is 2.33. The lowest BCUT2D eigenvalue weighted by Crippen LogP contribution is -2.11. The smallest absolute Gasteiger partial charge is 0.0117 e. The van der Waals surface area contributed by atoms with Gasteiger partial charge in [0.25, 0.3) is 0 Å². The van der Waals surface area contributed by atoms with E-state index in [0.717, 1.165) is 0 Å². The Labute approximate surface area is 133 Å². The maximum atomic E-state index is 3.96. The molecule has 0 radical (unpaired) electrons. The van der Waals surface area contributed by atoms with E-state index in [0.29, 0.717) is 0 Å². The Bertz CT molecular complexity index is 448. The first-order valence-electron chi connectivity index (χ1n) is 8.01. The van der Waals surface area contributed by atoms with E-state index in [9.17, 15) is 0 Å². The normalized spacial score (nSPS) is 16.6. The third-order valence-corrected chi connectivity index (χ3v) is 3.53. The van der Waals surface area contributed by atoms with Crippen LogP contribution in [0, 0.1) is 5.41 Å². The van der Waals surface area contributed by atoms with Gasteiger partial charge >= 0.3 is 0 Å². The molecular weight excluding hydrogens is 252 g/mol. The molecule has 0 fully saturated rings. The van der Waals surface area contributed by atoms with Crippen LogP contribution < -0.4 is 0 Å². The summed E-state index contributed by atoms with van der Waals surface area (Å²) in [6, 6.07) is 0. The van der Waals surface area contributed by atoms with Gasteiger partial charge in [0.05, 0.1) is 0 Å². The van der Waals surface area contributed by atoms with Crippen LogP contribution in [0.1, 0.15) is 55.4 Å². The molecule has 0 unspecified atom stereocenters. The number of rotatable bonds is 4. The lowest BCUT2D eigenvalue weighted by molar-refractivity contribution is 0.562. The molecule has 118 valence electrons. The molecule has 0 nitrogen and oxygen atoms in total. The monoisotopic (exact) mass is 286 g/mol. The first-order valence-corrected chi connectivity index (χ1v) is 8.01. The molecule has 1 aliphatic carbocycles. The van der Waals surface area contributed by atoms with Crippen molar-refractivity contribution in [3.05, 3.63) is 71.9 Å². The fourth-order valence-corrected chi connectivity index (χ4v) is 2.31. The van der Waals surface area contributed by atoms with E-state index in [1.165, 1.54) is 22.3 Å². The van der Waals surface area contributed by atoms with Gasteiger partial charge in [-0.2, -0.15) is 0 Å². The van der Waals surface area contributed by atoms with E-state index in [1.54, 1.807) is 0 Å². The Balaban J connectivity index is 0. The summed E-state index contributed by atoms with van der Waals surface area (Å²) >= 11 is 0. The van der Waals surface area contributed by atoms with Crippen molar-refractivity contribution >= 4 is 0 Å². The van der Waals surface area contributed by atoms with E-state index in [-0.39, 0.29) is 5.41 Å². The van der Waals surface area contributed by atoms with Crippen molar-refractivity contribution in [1.29, 1.82) is 0 Å². The summed E-state index contributed by atoms with van der Waals surface area (Å²) in [6.07, 6.45) is 12.2. The Hall–Kier alpha value is -1.56. The van der Waals surface area contributed by atoms with Gasteiger partial charge in [0, 0.05) is 5.41 Å². The van der Waals surface area contributed by atoms with Crippen LogP contribution in [0.4, 0.5) is 0 Å². The average molecular weight is 287 g/mol. The van der Waals surface area contributed by atoms with Gasteiger partial charge < -0.3 is 0 Å². The molecule has 1 rings (SSSR count). The van der Waals surface area contributed by atoms with Crippen LogP contribution in [-0.4, -0.2) is 0 Å². The van der Waals surface area contributed by atoms with Crippen LogP contribution in [0.2, 0.25) is 0 Å². The maximum Gasteiger partial charge on any atom is 0.0117 e. The summed E-state index contributed by atoms with van der Waals surface area (Å²) < 4.78 is 0. The van der Waals surface area contributed by atoms with Gasteiger partial charge in [0.1, 0.15) is 0 Å². The van der Waals surface area contributed by atoms with Gasteiger partial charge in [-0.3, -0.25) is 0 Å². The van der Waals surface area contributed by atoms with Gasteiger partial charge in [-0.25, -0.2) is 0 Å². The highest BCUT2D eigenvalue weighted by molar-refractivity contribution is 5.63. The van der Waals surface area contributed by atoms with Gasteiger partial charge in [-0.05, 0) is 30.6 Å². The quantitative estimate of drug-likeness (QED) is 0.479. The zero-order valence-corrected chi connectivity index (χ0v) is 15.4. The van der Waals surface area contributed by atoms with Gasteiger partial charge in [-0.15, -0.1) is 0 Å². The molecule has 0 spiro atoms. The molecule has 21 heavy (non-hydrogen) atoms. The summed E-state index contributed by atoms with van der Waals surface area (Å²) in [5, 5.41) is 0. The maximum absolute atomic E-state index is 3.96. The van der Waals surface area contributed by atoms with E-state index in [1.807, 2.05) is 52.8 Å². The van der Waals surface area contributed by atoms with E-state index < -0.39 is 0 Å². The highest BCUT2D eigenvalue weighted by Crippen LogP contribution is 2.47. The molecule has 0 aromatic heterocycles. The molecule has 1 aliphatic rings. The Morgan fingerprint density at radius 2 is 1.43 bits per heavy atom. The summed E-state index contributed by atoms with van der Waals surface area (Å²) in [5.74, 6) is 0. The standard InChI is InChI=1S/C17H22.2C2H6/c1-7-10-12-14-13(4)17(5,6)16(9-3)15(14)11-8-2;2*1-2/h7-12H,1,3H2,2,4-6H3;2*1-2H3/b11-8-,12-10-;;. The molecule has 0 saturated carbocycles. The molecule has 0 aliphatic heterocycles. The van der Waals surface area contributed by atoms with Crippen molar-refractivity contribution in [1.82, 2.24) is 0 Å². The fourth-order valence-electron chi connectivity index (χ4n) is 2.31. The van der Waals surface area contributed by atoms with Gasteiger partial charge in [0.2, 0.25) is 0 Å². The number of hydrogen-bond donors (Lipinski definition) is 0. The summed E-state index contributed by atoms with van der Waals surface area (Å²) in [5.41, 5.74) is 5.33. The third-order valence-electron chi connectivity index (χ3n) is 3.53. The van der Waals surface area contributed by atoms with Crippen LogP contribution in [0.25, 0.3) is 0 Å². The molecule has 0 atom stereocenters. The fraction of sp³-hybridized carbons (Fsp3) is 0.429. The molecule has 0 heteroatoms. The van der Waals surface area contributed by atoms with E-state index >= 15 is 0 Å². The number of allylic oxidation sites excluding steroid dienone is 10. The zero-order valence-electron chi connectivity index (χ0n) is 15.4. The first kappa shape index (κ1) is 21.7. The predicted octanol–water partition coefficient (Wildman–Crippen LogP) is 7.20. The Morgan fingerprint density at radius 1 is 0.905 bits per heavy atom. The van der Waals surface area contributed by atoms with Gasteiger partial charge in [-0.1, -0.05) is 96.7 Å². The summed E-state index contributed by atoms with van der Waals surface area (Å²) in [7, 11) is 0. The second kappa shape index (κ2) is 11.1. The molecule has 0 saturated heterocycles. The Kier molecular flexibility index (Phi) is 11.5. The molecule has 0 aromatic carbocycles. The van der Waals surface area contributed by atoms with E-state index in [4.69, 9.17) is 0 Å². The highest BCUT2D eigenvalue weighted by atomic mass is 14.4. The molecular formula is C21H34. The molecule has 0 bridgehead atoms. The zero-order chi connectivity index (χ0) is 17.1. The molecule has 0 N–H and O–H groups in total. The third kappa shape index (κ3) is 5.04. The van der Waals surface area contributed by atoms with Gasteiger partial charge in [0.15, 0.2) is 0 Å².